The lowest BCUT2D eigenvalue weighted by atomic mass is 10.0. The zero-order valence-electron chi connectivity index (χ0n) is 9.31. The SMILES string of the molecule is COc1c(N)cccc1Cc1ccccc1. The summed E-state index contributed by atoms with van der Waals surface area (Å²) in [5, 5.41) is 0. The van der Waals surface area contributed by atoms with E-state index in [2.05, 4.69) is 12.1 Å². The summed E-state index contributed by atoms with van der Waals surface area (Å²) in [6.45, 7) is 0. The van der Waals surface area contributed by atoms with Gasteiger partial charge in [0.1, 0.15) is 5.75 Å². The Bertz CT molecular complexity index is 465. The van der Waals surface area contributed by atoms with Crippen molar-refractivity contribution in [2.75, 3.05) is 12.8 Å². The van der Waals surface area contributed by atoms with Crippen molar-refractivity contribution in [1.29, 1.82) is 0 Å². The Morgan fingerprint density at radius 2 is 1.75 bits per heavy atom. The van der Waals surface area contributed by atoms with Crippen molar-refractivity contribution in [3.05, 3.63) is 59.7 Å². The van der Waals surface area contributed by atoms with Crippen molar-refractivity contribution in [3.63, 3.8) is 0 Å². The fraction of sp³-hybridized carbons (Fsp3) is 0.143. The molecular weight excluding hydrogens is 198 g/mol. The van der Waals surface area contributed by atoms with E-state index in [0.717, 1.165) is 17.7 Å². The van der Waals surface area contributed by atoms with E-state index < -0.39 is 0 Å². The molecule has 2 rings (SSSR count). The molecule has 0 spiro atoms. The molecule has 16 heavy (non-hydrogen) atoms. The molecule has 0 fully saturated rings. The molecule has 82 valence electrons. The van der Waals surface area contributed by atoms with Crippen LogP contribution in [0.25, 0.3) is 0 Å². The summed E-state index contributed by atoms with van der Waals surface area (Å²) in [5.41, 5.74) is 8.93. The minimum atomic E-state index is 0.691. The van der Waals surface area contributed by atoms with Crippen LogP contribution in [-0.4, -0.2) is 7.11 Å². The van der Waals surface area contributed by atoms with Gasteiger partial charge in [0.05, 0.1) is 12.8 Å². The highest BCUT2D eigenvalue weighted by Gasteiger charge is 2.06. The lowest BCUT2D eigenvalue weighted by molar-refractivity contribution is 0.413. The van der Waals surface area contributed by atoms with Gasteiger partial charge in [-0.2, -0.15) is 0 Å². The highest BCUT2D eigenvalue weighted by molar-refractivity contribution is 5.57. The lowest BCUT2D eigenvalue weighted by Gasteiger charge is -2.10. The molecule has 0 aliphatic rings. The molecule has 2 heteroatoms. The fourth-order valence-corrected chi connectivity index (χ4v) is 1.81. The zero-order chi connectivity index (χ0) is 11.4. The van der Waals surface area contributed by atoms with Crippen LogP contribution < -0.4 is 10.5 Å². The Hall–Kier alpha value is -1.96. The molecule has 0 amide bonds. The van der Waals surface area contributed by atoms with Crippen LogP contribution in [0.15, 0.2) is 48.5 Å². The first-order valence-corrected chi connectivity index (χ1v) is 5.26. The number of methoxy groups -OCH3 is 1. The van der Waals surface area contributed by atoms with Gasteiger partial charge < -0.3 is 10.5 Å². The summed E-state index contributed by atoms with van der Waals surface area (Å²) < 4.78 is 5.32. The van der Waals surface area contributed by atoms with Crippen molar-refractivity contribution in [2.24, 2.45) is 0 Å². The van der Waals surface area contributed by atoms with Crippen LogP contribution in [0.5, 0.6) is 5.75 Å². The Balaban J connectivity index is 2.31. The van der Waals surface area contributed by atoms with Gasteiger partial charge in [-0.1, -0.05) is 42.5 Å². The normalized spacial score (nSPS) is 10.1. The Labute approximate surface area is 95.7 Å². The van der Waals surface area contributed by atoms with Gasteiger partial charge in [0.25, 0.3) is 0 Å². The van der Waals surface area contributed by atoms with Crippen molar-refractivity contribution >= 4 is 5.69 Å². The first-order valence-electron chi connectivity index (χ1n) is 5.26. The molecule has 0 aromatic heterocycles. The number of rotatable bonds is 3. The average Bonchev–Trinajstić information content (AvgIpc) is 2.31. The van der Waals surface area contributed by atoms with E-state index in [1.807, 2.05) is 36.4 Å². The van der Waals surface area contributed by atoms with E-state index >= 15 is 0 Å². The number of nitrogen functional groups attached to an aromatic ring is 1. The van der Waals surface area contributed by atoms with Crippen LogP contribution in [-0.2, 0) is 6.42 Å². The molecular formula is C14H15NO. The second-order valence-corrected chi connectivity index (χ2v) is 3.70. The number of nitrogens with two attached hydrogens (primary N) is 1. The molecule has 0 heterocycles. The first kappa shape index (κ1) is 10.6. The molecule has 2 aromatic carbocycles. The van der Waals surface area contributed by atoms with Gasteiger partial charge in [-0.05, 0) is 11.6 Å². The van der Waals surface area contributed by atoms with Gasteiger partial charge in [-0.25, -0.2) is 0 Å². The van der Waals surface area contributed by atoms with Crippen LogP contribution in [0, 0.1) is 0 Å². The Morgan fingerprint density at radius 3 is 2.44 bits per heavy atom. The lowest BCUT2D eigenvalue weighted by Crippen LogP contribution is -1.98. The third-order valence-corrected chi connectivity index (χ3v) is 2.57. The molecule has 0 bridgehead atoms. The summed E-state index contributed by atoms with van der Waals surface area (Å²) in [6.07, 6.45) is 0.842. The number of benzene rings is 2. The average molecular weight is 213 g/mol. The van der Waals surface area contributed by atoms with Crippen molar-refractivity contribution < 1.29 is 4.74 Å². The summed E-state index contributed by atoms with van der Waals surface area (Å²) in [4.78, 5) is 0. The van der Waals surface area contributed by atoms with E-state index in [0.29, 0.717) is 5.69 Å². The maximum Gasteiger partial charge on any atom is 0.145 e. The smallest absolute Gasteiger partial charge is 0.145 e. The summed E-state index contributed by atoms with van der Waals surface area (Å²) >= 11 is 0. The molecule has 2 aromatic rings. The molecule has 0 atom stereocenters. The van der Waals surface area contributed by atoms with Crippen molar-refractivity contribution in [3.8, 4) is 5.75 Å². The number of ether oxygens (including phenoxy) is 1. The van der Waals surface area contributed by atoms with E-state index in [4.69, 9.17) is 10.5 Å². The van der Waals surface area contributed by atoms with Crippen LogP contribution in [0.4, 0.5) is 5.69 Å². The van der Waals surface area contributed by atoms with Gasteiger partial charge in [0.2, 0.25) is 0 Å². The van der Waals surface area contributed by atoms with Crippen molar-refractivity contribution in [2.45, 2.75) is 6.42 Å². The largest absolute Gasteiger partial charge is 0.494 e. The van der Waals surface area contributed by atoms with Gasteiger partial charge in [0.15, 0.2) is 0 Å². The molecule has 0 aliphatic heterocycles. The van der Waals surface area contributed by atoms with E-state index in [1.165, 1.54) is 5.56 Å². The quantitative estimate of drug-likeness (QED) is 0.796. The molecule has 0 saturated heterocycles. The standard InChI is InChI=1S/C14H15NO/c1-16-14-12(8-5-9-13(14)15)10-11-6-3-2-4-7-11/h2-9H,10,15H2,1H3. The maximum atomic E-state index is 5.86. The number of hydrogen-bond acceptors (Lipinski definition) is 2. The van der Waals surface area contributed by atoms with Crippen LogP contribution in [0.1, 0.15) is 11.1 Å². The minimum absolute atomic E-state index is 0.691. The van der Waals surface area contributed by atoms with E-state index in [-0.39, 0.29) is 0 Å². The zero-order valence-corrected chi connectivity index (χ0v) is 9.31. The predicted molar refractivity (Wildman–Crippen MR) is 66.7 cm³/mol. The third-order valence-electron chi connectivity index (χ3n) is 2.57. The van der Waals surface area contributed by atoms with E-state index in [1.54, 1.807) is 7.11 Å². The number of para-hydroxylation sites is 1. The molecule has 0 aliphatic carbocycles. The highest BCUT2D eigenvalue weighted by Crippen LogP contribution is 2.27. The number of anilines is 1. The molecule has 2 N–H and O–H groups in total. The van der Waals surface area contributed by atoms with Gasteiger partial charge in [-0.3, -0.25) is 0 Å². The number of hydrogen-bond donors (Lipinski definition) is 1. The van der Waals surface area contributed by atoms with Gasteiger partial charge >= 0.3 is 0 Å². The molecule has 2 nitrogen and oxygen atoms in total. The third kappa shape index (κ3) is 2.16. The molecule has 0 unspecified atom stereocenters. The molecule has 0 saturated carbocycles. The second-order valence-electron chi connectivity index (χ2n) is 3.70. The van der Waals surface area contributed by atoms with Crippen LogP contribution >= 0.6 is 0 Å². The monoisotopic (exact) mass is 213 g/mol. The van der Waals surface area contributed by atoms with Gasteiger partial charge in [0, 0.05) is 12.0 Å². The topological polar surface area (TPSA) is 35.2 Å². The summed E-state index contributed by atoms with van der Waals surface area (Å²) in [6, 6.07) is 16.1. The van der Waals surface area contributed by atoms with E-state index in [9.17, 15) is 0 Å². The van der Waals surface area contributed by atoms with Gasteiger partial charge in [-0.15, -0.1) is 0 Å². The summed E-state index contributed by atoms with van der Waals surface area (Å²) in [5.74, 6) is 0.784. The Kier molecular flexibility index (Phi) is 3.10. The second kappa shape index (κ2) is 4.71. The highest BCUT2D eigenvalue weighted by atomic mass is 16.5. The fourth-order valence-electron chi connectivity index (χ4n) is 1.81. The van der Waals surface area contributed by atoms with Crippen LogP contribution in [0.2, 0.25) is 0 Å². The minimum Gasteiger partial charge on any atom is -0.494 e. The molecule has 0 radical (unpaired) electrons. The summed E-state index contributed by atoms with van der Waals surface area (Å²) in [7, 11) is 1.65. The maximum absolute atomic E-state index is 5.86. The Morgan fingerprint density at radius 1 is 1.00 bits per heavy atom. The van der Waals surface area contributed by atoms with Crippen molar-refractivity contribution in [1.82, 2.24) is 0 Å². The first-order chi connectivity index (χ1) is 7.81. The predicted octanol–water partition coefficient (Wildman–Crippen LogP) is 2.87. The van der Waals surface area contributed by atoms with Crippen LogP contribution in [0.3, 0.4) is 0 Å².